The molecule has 2 heteroatoms. The van der Waals surface area contributed by atoms with Gasteiger partial charge in [0.05, 0.1) is 25.9 Å². The van der Waals surface area contributed by atoms with Crippen molar-refractivity contribution in [1.29, 1.82) is 0 Å². The molecule has 130 valence electrons. The van der Waals surface area contributed by atoms with Gasteiger partial charge in [-0.1, -0.05) is 70.6 Å². The van der Waals surface area contributed by atoms with Gasteiger partial charge in [-0.3, -0.25) is 0 Å². The number of unbranched alkanes of at least 4 members (excludes halogenated alkanes) is 5. The minimum absolute atomic E-state index is 0.383. The van der Waals surface area contributed by atoms with Gasteiger partial charge in [0.25, 0.3) is 0 Å². The monoisotopic (exact) mass is 318 g/mol. The summed E-state index contributed by atoms with van der Waals surface area (Å²) in [6.45, 7) is 6.84. The molecule has 2 aliphatic carbocycles. The molecule has 0 N–H and O–H groups in total. The molecular weight excluding hydrogens is 284 g/mol. The second-order valence-corrected chi connectivity index (χ2v) is 6.75. The first-order valence-corrected chi connectivity index (χ1v) is 9.67. The Hall–Kier alpha value is -0.860. The highest BCUT2D eigenvalue weighted by Gasteiger charge is 2.12. The lowest BCUT2D eigenvalue weighted by atomic mass is 9.94. The molecule has 1 unspecified atom stereocenters. The number of benzene rings is 1. The smallest absolute Gasteiger partial charge is 0.0809 e. The van der Waals surface area contributed by atoms with Crippen molar-refractivity contribution in [2.45, 2.75) is 77.7 Å². The van der Waals surface area contributed by atoms with E-state index in [1.54, 1.807) is 10.8 Å². The Balaban J connectivity index is 0.000000174. The van der Waals surface area contributed by atoms with Gasteiger partial charge < -0.3 is 9.47 Å². The Morgan fingerprint density at radius 1 is 0.957 bits per heavy atom. The van der Waals surface area contributed by atoms with Crippen LogP contribution >= 0.6 is 0 Å². The van der Waals surface area contributed by atoms with E-state index in [1.807, 2.05) is 0 Å². The molecule has 3 rings (SSSR count). The summed E-state index contributed by atoms with van der Waals surface area (Å²) in [5, 5.41) is 3.04. The predicted octanol–water partition coefficient (Wildman–Crippen LogP) is 5.39. The first-order valence-electron chi connectivity index (χ1n) is 9.67. The molecule has 0 amide bonds. The molecule has 23 heavy (non-hydrogen) atoms. The first kappa shape index (κ1) is 18.5. The van der Waals surface area contributed by atoms with Crippen LogP contribution in [0, 0.1) is 10.4 Å². The maximum absolute atomic E-state index is 5.46. The fourth-order valence-electron chi connectivity index (χ4n) is 3.13. The van der Waals surface area contributed by atoms with Gasteiger partial charge in [-0.15, -0.1) is 0 Å². The largest absolute Gasteiger partial charge is 0.376 e. The van der Waals surface area contributed by atoms with E-state index in [4.69, 9.17) is 9.47 Å². The molecule has 0 radical (unpaired) electrons. The fourth-order valence-corrected chi connectivity index (χ4v) is 3.13. The minimum Gasteiger partial charge on any atom is -0.376 e. The second-order valence-electron chi connectivity index (χ2n) is 6.75. The van der Waals surface area contributed by atoms with E-state index in [2.05, 4.69) is 32.0 Å². The van der Waals surface area contributed by atoms with Crippen LogP contribution in [0.25, 0.3) is 0 Å². The zero-order valence-electron chi connectivity index (χ0n) is 15.1. The lowest BCUT2D eigenvalue weighted by molar-refractivity contribution is -0.0911. The molecule has 1 fully saturated rings. The molecule has 1 atom stereocenters. The van der Waals surface area contributed by atoms with Crippen molar-refractivity contribution >= 4 is 0 Å². The molecule has 0 spiro atoms. The molecule has 1 heterocycles. The maximum atomic E-state index is 5.46. The van der Waals surface area contributed by atoms with Crippen molar-refractivity contribution in [3.63, 3.8) is 0 Å². The zero-order chi connectivity index (χ0) is 16.3. The van der Waals surface area contributed by atoms with Gasteiger partial charge in [0.1, 0.15) is 0 Å². The van der Waals surface area contributed by atoms with Crippen molar-refractivity contribution in [2.75, 3.05) is 19.8 Å². The molecule has 1 aliphatic heterocycles. The van der Waals surface area contributed by atoms with Crippen molar-refractivity contribution in [3.8, 4) is 0 Å². The van der Waals surface area contributed by atoms with Gasteiger partial charge in [0, 0.05) is 0 Å². The third-order valence-corrected chi connectivity index (χ3v) is 4.73. The van der Waals surface area contributed by atoms with E-state index < -0.39 is 0 Å². The number of aryl methyl sites for hydroxylation is 1. The van der Waals surface area contributed by atoms with Crippen molar-refractivity contribution in [2.24, 2.45) is 0 Å². The van der Waals surface area contributed by atoms with Crippen molar-refractivity contribution < 1.29 is 9.47 Å². The summed E-state index contributed by atoms with van der Waals surface area (Å²) >= 11 is 0. The standard InChI is InChI=1S/C13H18.C8H16O2/c1-2-3-4-5-6-7-11-10-12-8-9-13(11)12;1-2-3-4-8-7-9-5-6-10-8/h8-10H,2-7H2,1H3;8H,2-7H2,1H3. The SMILES string of the molecule is CCCCC1COCCO1.CCCCCCCc1cc2ccc1=2. The molecule has 0 saturated carbocycles. The molecule has 1 saturated heterocycles. The van der Waals surface area contributed by atoms with Gasteiger partial charge in [0.15, 0.2) is 0 Å². The normalized spacial score (nSPS) is 18.3. The van der Waals surface area contributed by atoms with Crippen LogP contribution in [0.2, 0.25) is 0 Å². The maximum Gasteiger partial charge on any atom is 0.0809 e. The Morgan fingerprint density at radius 3 is 2.35 bits per heavy atom. The summed E-state index contributed by atoms with van der Waals surface area (Å²) in [6, 6.07) is 6.79. The quantitative estimate of drug-likeness (QED) is 0.577. The van der Waals surface area contributed by atoms with Crippen LogP contribution in [0.3, 0.4) is 0 Å². The van der Waals surface area contributed by atoms with E-state index in [9.17, 15) is 0 Å². The summed E-state index contributed by atoms with van der Waals surface area (Å²) in [7, 11) is 0. The number of ether oxygens (including phenoxy) is 2. The lowest BCUT2D eigenvalue weighted by Gasteiger charge is -2.22. The van der Waals surface area contributed by atoms with E-state index in [-0.39, 0.29) is 0 Å². The third-order valence-electron chi connectivity index (χ3n) is 4.73. The van der Waals surface area contributed by atoms with E-state index in [0.29, 0.717) is 6.10 Å². The Morgan fingerprint density at radius 2 is 1.78 bits per heavy atom. The third kappa shape index (κ3) is 6.27. The van der Waals surface area contributed by atoms with Crippen molar-refractivity contribution in [1.82, 2.24) is 0 Å². The van der Waals surface area contributed by atoms with Crippen LogP contribution in [0.4, 0.5) is 0 Å². The topological polar surface area (TPSA) is 18.5 Å². The average molecular weight is 319 g/mol. The molecular formula is C21H34O2. The van der Waals surface area contributed by atoms with E-state index in [1.165, 1.54) is 56.6 Å². The predicted molar refractivity (Wildman–Crippen MR) is 96.7 cm³/mol. The molecule has 2 nitrogen and oxygen atoms in total. The van der Waals surface area contributed by atoms with Crippen LogP contribution in [-0.2, 0) is 15.9 Å². The second kappa shape index (κ2) is 10.8. The highest BCUT2D eigenvalue weighted by atomic mass is 16.6. The summed E-state index contributed by atoms with van der Waals surface area (Å²) < 4.78 is 10.7. The van der Waals surface area contributed by atoms with Crippen LogP contribution in [0.1, 0.15) is 70.8 Å². The highest BCUT2D eigenvalue weighted by molar-refractivity contribution is 5.33. The highest BCUT2D eigenvalue weighted by Crippen LogP contribution is 2.18. The lowest BCUT2D eigenvalue weighted by Crippen LogP contribution is -2.28. The molecule has 0 aromatic heterocycles. The number of hydrogen-bond donors (Lipinski definition) is 0. The molecule has 0 aromatic carbocycles. The molecule has 3 aliphatic rings. The van der Waals surface area contributed by atoms with Crippen LogP contribution < -0.4 is 0 Å². The zero-order valence-corrected chi connectivity index (χ0v) is 15.1. The van der Waals surface area contributed by atoms with Gasteiger partial charge in [-0.2, -0.15) is 0 Å². The van der Waals surface area contributed by atoms with Gasteiger partial charge in [-0.05, 0) is 35.3 Å². The van der Waals surface area contributed by atoms with Gasteiger partial charge >= 0.3 is 0 Å². The van der Waals surface area contributed by atoms with Gasteiger partial charge in [0.2, 0.25) is 0 Å². The van der Waals surface area contributed by atoms with Crippen LogP contribution in [0.15, 0.2) is 18.2 Å². The molecule has 0 aromatic rings. The van der Waals surface area contributed by atoms with Crippen LogP contribution in [0.5, 0.6) is 0 Å². The van der Waals surface area contributed by atoms with Crippen LogP contribution in [-0.4, -0.2) is 25.9 Å². The summed E-state index contributed by atoms with van der Waals surface area (Å²) in [5.74, 6) is 0. The Kier molecular flexibility index (Phi) is 8.70. The summed E-state index contributed by atoms with van der Waals surface area (Å²) in [6.07, 6.45) is 12.3. The minimum atomic E-state index is 0.383. The number of rotatable bonds is 9. The van der Waals surface area contributed by atoms with E-state index in [0.717, 1.165) is 26.2 Å². The first-order chi connectivity index (χ1) is 11.3. The van der Waals surface area contributed by atoms with E-state index >= 15 is 0 Å². The summed E-state index contributed by atoms with van der Waals surface area (Å²) in [5.41, 5.74) is 1.61. The Bertz CT molecular complexity index is 517. The average Bonchev–Trinajstić information content (AvgIpc) is 2.58. The summed E-state index contributed by atoms with van der Waals surface area (Å²) in [4.78, 5) is 0. The molecule has 0 bridgehead atoms. The van der Waals surface area contributed by atoms with Gasteiger partial charge in [-0.25, -0.2) is 0 Å². The Labute approximate surface area is 141 Å². The fraction of sp³-hybridized carbons (Fsp3) is 0.714. The number of hydrogen-bond acceptors (Lipinski definition) is 2. The van der Waals surface area contributed by atoms with Crippen molar-refractivity contribution in [3.05, 3.63) is 34.2 Å².